The molecule has 0 aromatic heterocycles. The quantitative estimate of drug-likeness (QED) is 0.417. The monoisotopic (exact) mass is 204 g/mol. The Morgan fingerprint density at radius 1 is 1.54 bits per heavy atom. The summed E-state index contributed by atoms with van der Waals surface area (Å²) in [5, 5.41) is 3.54. The van der Waals surface area contributed by atoms with Crippen LogP contribution in [-0.4, -0.2) is 26.8 Å². The predicted molar refractivity (Wildman–Crippen MR) is 48.6 cm³/mol. The van der Waals surface area contributed by atoms with E-state index in [9.17, 15) is 8.42 Å². The fourth-order valence-corrected chi connectivity index (χ4v) is 2.38. The lowest BCUT2D eigenvalue weighted by molar-refractivity contribution is 0.525. The van der Waals surface area contributed by atoms with E-state index >= 15 is 0 Å². The average Bonchev–Trinajstić information content (AvgIpc) is 2.34. The molecule has 1 saturated carbocycles. The smallest absolute Gasteiger partial charge is 0.208 e. The fraction of sp³-hybridized carbons (Fsp3) is 1.00. The second kappa shape index (κ2) is 3.95. The van der Waals surface area contributed by atoms with Gasteiger partial charge in [0.05, 0.1) is 12.3 Å². The molecule has 6 nitrogen and oxygen atoms in total. The summed E-state index contributed by atoms with van der Waals surface area (Å²) in [7, 11) is -3.19. The molecule has 0 amide bonds. The van der Waals surface area contributed by atoms with Gasteiger partial charge in [0.15, 0.2) is 0 Å². The first kappa shape index (κ1) is 10.3. The van der Waals surface area contributed by atoms with Crippen molar-refractivity contribution in [3.8, 4) is 0 Å². The van der Waals surface area contributed by atoms with E-state index in [1.54, 1.807) is 0 Å². The van der Waals surface area contributed by atoms with Gasteiger partial charge in [-0.05, 0) is 18.4 Å². The Morgan fingerprint density at radius 2 is 2.23 bits per heavy atom. The van der Waals surface area contributed by atoms with Gasteiger partial charge in [0, 0.05) is 11.0 Å². The van der Waals surface area contributed by atoms with E-state index in [1.807, 2.05) is 0 Å². The van der Waals surface area contributed by atoms with Gasteiger partial charge in [0.1, 0.15) is 0 Å². The molecule has 13 heavy (non-hydrogen) atoms. The van der Waals surface area contributed by atoms with Crippen LogP contribution in [0.4, 0.5) is 0 Å². The summed E-state index contributed by atoms with van der Waals surface area (Å²) in [6.07, 6.45) is 3.52. The van der Waals surface area contributed by atoms with Crippen LogP contribution in [0.3, 0.4) is 0 Å². The maximum absolute atomic E-state index is 10.9. The van der Waals surface area contributed by atoms with Crippen LogP contribution in [0, 0.1) is 0 Å². The van der Waals surface area contributed by atoms with Crippen molar-refractivity contribution < 1.29 is 8.42 Å². The van der Waals surface area contributed by atoms with Crippen LogP contribution < -0.4 is 4.72 Å². The fourth-order valence-electron chi connectivity index (χ4n) is 1.56. The zero-order chi connectivity index (χ0) is 9.90. The van der Waals surface area contributed by atoms with Gasteiger partial charge < -0.3 is 0 Å². The number of sulfonamides is 1. The van der Waals surface area contributed by atoms with Crippen LogP contribution in [-0.2, 0) is 10.0 Å². The molecule has 0 heterocycles. The van der Waals surface area contributed by atoms with E-state index in [-0.39, 0.29) is 12.1 Å². The number of nitrogens with one attached hydrogen (secondary N) is 1. The predicted octanol–water partition coefficient (Wildman–Crippen LogP) is 0.767. The number of nitrogens with zero attached hydrogens (tertiary/aromatic N) is 3. The number of rotatable bonds is 3. The summed E-state index contributed by atoms with van der Waals surface area (Å²) >= 11 is 0. The van der Waals surface area contributed by atoms with Gasteiger partial charge in [-0.15, -0.1) is 0 Å². The van der Waals surface area contributed by atoms with E-state index in [0.717, 1.165) is 25.5 Å². The highest BCUT2D eigenvalue weighted by atomic mass is 32.2. The van der Waals surface area contributed by atoms with Crippen molar-refractivity contribution in [3.63, 3.8) is 0 Å². The maximum atomic E-state index is 10.9. The number of azide groups is 1. The third-order valence-corrected chi connectivity index (χ3v) is 2.78. The second-order valence-electron chi connectivity index (χ2n) is 3.20. The zero-order valence-corrected chi connectivity index (χ0v) is 8.16. The van der Waals surface area contributed by atoms with Crippen molar-refractivity contribution >= 4 is 10.0 Å². The van der Waals surface area contributed by atoms with Crippen molar-refractivity contribution in [3.05, 3.63) is 10.4 Å². The van der Waals surface area contributed by atoms with Crippen molar-refractivity contribution in [1.29, 1.82) is 0 Å². The van der Waals surface area contributed by atoms with Gasteiger partial charge in [0.2, 0.25) is 10.0 Å². The van der Waals surface area contributed by atoms with Crippen molar-refractivity contribution in [2.75, 3.05) is 6.26 Å². The van der Waals surface area contributed by atoms with Gasteiger partial charge in [-0.2, -0.15) is 0 Å². The number of hydrogen-bond acceptors (Lipinski definition) is 3. The summed E-state index contributed by atoms with van der Waals surface area (Å²) in [5.74, 6) is 0. The highest BCUT2D eigenvalue weighted by Gasteiger charge is 2.28. The Hall–Kier alpha value is -0.780. The third-order valence-electron chi connectivity index (χ3n) is 2.04. The highest BCUT2D eigenvalue weighted by Crippen LogP contribution is 2.22. The maximum Gasteiger partial charge on any atom is 0.208 e. The summed E-state index contributed by atoms with van der Waals surface area (Å²) < 4.78 is 24.2. The second-order valence-corrected chi connectivity index (χ2v) is 4.98. The molecule has 74 valence electrons. The molecule has 2 atom stereocenters. The molecule has 0 unspecified atom stereocenters. The summed E-state index contributed by atoms with van der Waals surface area (Å²) in [5.41, 5.74) is 8.22. The molecule has 0 bridgehead atoms. The molecule has 0 aliphatic heterocycles. The van der Waals surface area contributed by atoms with E-state index in [1.165, 1.54) is 0 Å². The van der Waals surface area contributed by atoms with Crippen molar-refractivity contribution in [2.24, 2.45) is 5.11 Å². The average molecular weight is 204 g/mol. The van der Waals surface area contributed by atoms with Crippen LogP contribution in [0.15, 0.2) is 5.11 Å². The van der Waals surface area contributed by atoms with Crippen LogP contribution in [0.2, 0.25) is 0 Å². The first-order valence-electron chi connectivity index (χ1n) is 4.04. The molecule has 0 aromatic rings. The molecular weight excluding hydrogens is 192 g/mol. The number of hydrogen-bond donors (Lipinski definition) is 1. The van der Waals surface area contributed by atoms with Crippen LogP contribution in [0.1, 0.15) is 19.3 Å². The third kappa shape index (κ3) is 3.22. The summed E-state index contributed by atoms with van der Waals surface area (Å²) in [4.78, 5) is 2.69. The SMILES string of the molecule is CS(=O)(=O)N[C@@H]1CCC[C@H]1N=[N+]=[N-]. The van der Waals surface area contributed by atoms with Gasteiger partial charge in [-0.3, -0.25) is 0 Å². The van der Waals surface area contributed by atoms with Crippen LogP contribution in [0.5, 0.6) is 0 Å². The Morgan fingerprint density at radius 3 is 2.77 bits per heavy atom. The molecule has 7 heteroatoms. The standard InChI is InChI=1S/C6H12N4O2S/c1-13(11,12)9-6-4-2-3-5(6)8-10-7/h5-6,9H,2-4H2,1H3/t5-,6-/m1/s1. The minimum Gasteiger partial charge on any atom is -0.213 e. The molecule has 1 aliphatic rings. The van der Waals surface area contributed by atoms with Gasteiger partial charge in [-0.25, -0.2) is 13.1 Å². The van der Waals surface area contributed by atoms with Gasteiger partial charge >= 0.3 is 0 Å². The first-order chi connectivity index (χ1) is 6.03. The molecule has 1 N–H and O–H groups in total. The lowest BCUT2D eigenvalue weighted by atomic mass is 10.2. The molecule has 1 rings (SSSR count). The van der Waals surface area contributed by atoms with Crippen molar-refractivity contribution in [2.45, 2.75) is 31.3 Å². The Bertz CT molecular complexity index is 320. The normalized spacial score (nSPS) is 28.4. The lowest BCUT2D eigenvalue weighted by Gasteiger charge is -2.14. The van der Waals surface area contributed by atoms with Crippen LogP contribution >= 0.6 is 0 Å². The summed E-state index contributed by atoms with van der Waals surface area (Å²) in [6, 6.07) is -0.439. The van der Waals surface area contributed by atoms with E-state index in [0.29, 0.717) is 0 Å². The Balaban J connectivity index is 2.64. The topological polar surface area (TPSA) is 94.9 Å². The first-order valence-corrected chi connectivity index (χ1v) is 5.93. The Labute approximate surface area is 77.0 Å². The minimum atomic E-state index is -3.19. The lowest BCUT2D eigenvalue weighted by Crippen LogP contribution is -2.38. The van der Waals surface area contributed by atoms with E-state index in [4.69, 9.17) is 5.53 Å². The van der Waals surface area contributed by atoms with E-state index < -0.39 is 10.0 Å². The Kier molecular flexibility index (Phi) is 3.13. The van der Waals surface area contributed by atoms with Crippen molar-refractivity contribution in [1.82, 2.24) is 4.72 Å². The molecule has 0 spiro atoms. The zero-order valence-electron chi connectivity index (χ0n) is 7.34. The van der Waals surface area contributed by atoms with E-state index in [2.05, 4.69) is 14.7 Å². The molecule has 0 radical (unpaired) electrons. The largest absolute Gasteiger partial charge is 0.213 e. The summed E-state index contributed by atoms with van der Waals surface area (Å²) in [6.45, 7) is 0. The van der Waals surface area contributed by atoms with Crippen LogP contribution in [0.25, 0.3) is 10.4 Å². The minimum absolute atomic E-state index is 0.217. The highest BCUT2D eigenvalue weighted by molar-refractivity contribution is 7.88. The molecule has 0 saturated heterocycles. The molecule has 0 aromatic carbocycles. The molecule has 1 aliphatic carbocycles. The van der Waals surface area contributed by atoms with Gasteiger partial charge in [0.25, 0.3) is 0 Å². The molecular formula is C6H12N4O2S. The van der Waals surface area contributed by atoms with Gasteiger partial charge in [-0.1, -0.05) is 11.5 Å². The molecule has 1 fully saturated rings.